The Hall–Kier alpha value is -3.13. The molecule has 0 spiro atoms. The molecule has 0 aliphatic carbocycles. The van der Waals surface area contributed by atoms with Crippen LogP contribution in [-0.4, -0.2) is 47.3 Å². The van der Waals surface area contributed by atoms with E-state index in [1.54, 1.807) is 18.9 Å². The molecular formula is C30H44F3N5O5S. The van der Waals surface area contributed by atoms with Gasteiger partial charge in [0.15, 0.2) is 0 Å². The molecule has 1 unspecified atom stereocenters. The highest BCUT2D eigenvalue weighted by Crippen LogP contribution is 2.39. The first-order chi connectivity index (χ1) is 20.4. The highest BCUT2D eigenvalue weighted by molar-refractivity contribution is 7.91. The molecule has 14 heteroatoms. The van der Waals surface area contributed by atoms with Gasteiger partial charge in [0.1, 0.15) is 0 Å². The average Bonchev–Trinajstić information content (AvgIpc) is 3.26. The van der Waals surface area contributed by atoms with E-state index in [0.29, 0.717) is 23.6 Å². The van der Waals surface area contributed by atoms with Crippen molar-refractivity contribution in [1.82, 2.24) is 19.4 Å². The standard InChI is InChI=1S/C30H44F3N5O5S/c1-20-16-26(37(35-20)19-21(43-5)14-12-10-8-7-9-11-13-15-29(2,3)4)22-17-23-25(18-24(22)30(31,32)33)34-28(40)38(27(23)39)36-44(6,41)42/h16-18,21,36H,7-15,19H2,1-6H3,(H,34,40). The molecule has 0 radical (unpaired) electrons. The minimum atomic E-state index is -4.84. The summed E-state index contributed by atoms with van der Waals surface area (Å²) in [7, 11) is -2.49. The summed E-state index contributed by atoms with van der Waals surface area (Å²) in [5.41, 5.74) is -3.18. The minimum absolute atomic E-state index is 0.113. The average molecular weight is 644 g/mol. The molecule has 0 aliphatic rings. The van der Waals surface area contributed by atoms with Gasteiger partial charge in [-0.15, -0.1) is 0 Å². The molecule has 2 N–H and O–H groups in total. The van der Waals surface area contributed by atoms with Gasteiger partial charge in [0.2, 0.25) is 10.0 Å². The van der Waals surface area contributed by atoms with Crippen molar-refractivity contribution in [2.45, 2.75) is 104 Å². The molecule has 3 rings (SSSR count). The Kier molecular flexibility index (Phi) is 11.5. The number of alkyl halides is 3. The van der Waals surface area contributed by atoms with Gasteiger partial charge in [-0.25, -0.2) is 18.0 Å². The molecule has 2 aromatic heterocycles. The number of methoxy groups -OCH3 is 1. The van der Waals surface area contributed by atoms with Crippen molar-refractivity contribution in [3.63, 3.8) is 0 Å². The number of nitrogens with one attached hydrogen (secondary N) is 2. The Morgan fingerprint density at radius 1 is 1.00 bits per heavy atom. The van der Waals surface area contributed by atoms with E-state index < -0.39 is 33.0 Å². The van der Waals surface area contributed by atoms with Crippen LogP contribution in [0.2, 0.25) is 0 Å². The van der Waals surface area contributed by atoms with Crippen molar-refractivity contribution >= 4 is 20.9 Å². The zero-order valence-electron chi connectivity index (χ0n) is 26.3. The third kappa shape index (κ3) is 9.94. The zero-order chi connectivity index (χ0) is 32.9. The zero-order valence-corrected chi connectivity index (χ0v) is 27.1. The number of unbranched alkanes of at least 4 members (excludes halogenated alkanes) is 6. The van der Waals surface area contributed by atoms with E-state index in [9.17, 15) is 31.2 Å². The molecule has 0 saturated heterocycles. The number of hydrogen-bond acceptors (Lipinski definition) is 6. The molecular weight excluding hydrogens is 599 g/mol. The molecule has 246 valence electrons. The molecule has 44 heavy (non-hydrogen) atoms. The molecule has 0 amide bonds. The number of fused-ring (bicyclic) bond motifs is 1. The van der Waals surface area contributed by atoms with Crippen LogP contribution in [0.15, 0.2) is 27.8 Å². The summed E-state index contributed by atoms with van der Waals surface area (Å²) < 4.78 is 73.6. The van der Waals surface area contributed by atoms with Crippen molar-refractivity contribution in [2.24, 2.45) is 5.41 Å². The SMILES string of the molecule is COC(CCCCCCCCCC(C)(C)C)Cn1nc(C)cc1-c1cc2c(=O)n(NS(C)(=O)=O)c(=O)[nH]c2cc1C(F)(F)F. The van der Waals surface area contributed by atoms with Gasteiger partial charge in [0, 0.05) is 12.7 Å². The second-order valence-electron chi connectivity index (χ2n) is 12.7. The summed E-state index contributed by atoms with van der Waals surface area (Å²) in [6.45, 7) is 8.60. The Labute approximate surface area is 256 Å². The first-order valence-corrected chi connectivity index (χ1v) is 16.7. The summed E-state index contributed by atoms with van der Waals surface area (Å²) in [6, 6.07) is 3.18. The number of ether oxygens (including phenoxy) is 1. The smallest absolute Gasteiger partial charge is 0.380 e. The van der Waals surface area contributed by atoms with Crippen LogP contribution in [0.25, 0.3) is 22.2 Å². The van der Waals surface area contributed by atoms with Crippen molar-refractivity contribution < 1.29 is 26.3 Å². The Morgan fingerprint density at radius 3 is 2.18 bits per heavy atom. The summed E-state index contributed by atoms with van der Waals surface area (Å²) in [4.78, 5) is 29.4. The van der Waals surface area contributed by atoms with Crippen molar-refractivity contribution in [3.8, 4) is 11.3 Å². The third-order valence-corrected chi connectivity index (χ3v) is 7.95. The van der Waals surface area contributed by atoms with Crippen molar-refractivity contribution in [1.29, 1.82) is 0 Å². The highest BCUT2D eigenvalue weighted by atomic mass is 32.2. The van der Waals surface area contributed by atoms with Crippen molar-refractivity contribution in [3.05, 3.63) is 50.3 Å². The quantitative estimate of drug-likeness (QED) is 0.197. The molecule has 3 aromatic rings. The number of H-pyrrole nitrogens is 1. The lowest BCUT2D eigenvalue weighted by Gasteiger charge is -2.19. The second kappa shape index (κ2) is 14.3. The van der Waals surface area contributed by atoms with Crippen LogP contribution in [0.3, 0.4) is 0 Å². The molecule has 1 aromatic carbocycles. The first kappa shape index (κ1) is 35.4. The maximum absolute atomic E-state index is 14.3. The monoisotopic (exact) mass is 643 g/mol. The second-order valence-corrected chi connectivity index (χ2v) is 14.4. The first-order valence-electron chi connectivity index (χ1n) is 14.9. The number of benzene rings is 1. The summed E-state index contributed by atoms with van der Waals surface area (Å²) in [5, 5.41) is 4.11. The number of sulfonamides is 1. The predicted octanol–water partition coefficient (Wildman–Crippen LogP) is 5.96. The minimum Gasteiger partial charge on any atom is -0.380 e. The lowest BCUT2D eigenvalue weighted by molar-refractivity contribution is -0.137. The fourth-order valence-corrected chi connectivity index (χ4v) is 5.75. The molecule has 0 bridgehead atoms. The highest BCUT2D eigenvalue weighted by Gasteiger charge is 2.36. The van der Waals surface area contributed by atoms with Crippen LogP contribution in [0, 0.1) is 12.3 Å². The maximum atomic E-state index is 14.3. The van der Waals surface area contributed by atoms with E-state index in [1.165, 1.54) is 42.9 Å². The molecule has 0 aliphatic heterocycles. The van der Waals surface area contributed by atoms with E-state index in [-0.39, 0.29) is 39.5 Å². The molecule has 0 saturated carbocycles. The molecule has 2 heterocycles. The van der Waals surface area contributed by atoms with E-state index in [4.69, 9.17) is 4.74 Å². The third-order valence-electron chi connectivity index (χ3n) is 7.44. The van der Waals surface area contributed by atoms with Gasteiger partial charge in [0.05, 0.1) is 46.8 Å². The van der Waals surface area contributed by atoms with Crippen LogP contribution in [0.4, 0.5) is 13.2 Å². The fourth-order valence-electron chi connectivity index (χ4n) is 5.25. The van der Waals surface area contributed by atoms with Crippen LogP contribution in [0.5, 0.6) is 0 Å². The maximum Gasteiger partial charge on any atom is 0.417 e. The summed E-state index contributed by atoms with van der Waals surface area (Å²) in [6.07, 6.45) is 5.39. The fraction of sp³-hybridized carbons (Fsp3) is 0.633. The number of hydrogen-bond donors (Lipinski definition) is 2. The molecule has 10 nitrogen and oxygen atoms in total. The normalized spacial score (nSPS) is 13.5. The number of halogens is 3. The van der Waals surface area contributed by atoms with Gasteiger partial charge in [0.25, 0.3) is 5.56 Å². The topological polar surface area (TPSA) is 128 Å². The van der Waals surface area contributed by atoms with Gasteiger partial charge in [-0.1, -0.05) is 65.7 Å². The van der Waals surface area contributed by atoms with Gasteiger partial charge < -0.3 is 9.72 Å². The van der Waals surface area contributed by atoms with E-state index in [1.807, 2.05) is 0 Å². The lowest BCUT2D eigenvalue weighted by atomic mass is 9.89. The van der Waals surface area contributed by atoms with E-state index >= 15 is 0 Å². The number of aromatic amines is 1. The van der Waals surface area contributed by atoms with Crippen LogP contribution < -0.4 is 16.1 Å². The Morgan fingerprint density at radius 2 is 1.61 bits per heavy atom. The summed E-state index contributed by atoms with van der Waals surface area (Å²) >= 11 is 0. The lowest BCUT2D eigenvalue weighted by Crippen LogP contribution is -2.43. The van der Waals surface area contributed by atoms with E-state index in [2.05, 4.69) is 30.9 Å². The Balaban J connectivity index is 1.83. The van der Waals surface area contributed by atoms with Gasteiger partial charge in [-0.2, -0.15) is 22.9 Å². The summed E-state index contributed by atoms with van der Waals surface area (Å²) in [5.74, 6) is 0. The number of rotatable bonds is 15. The number of nitrogens with zero attached hydrogens (tertiary/aromatic N) is 3. The van der Waals surface area contributed by atoms with Crippen LogP contribution in [0.1, 0.15) is 89.8 Å². The van der Waals surface area contributed by atoms with E-state index in [0.717, 1.165) is 31.6 Å². The van der Waals surface area contributed by atoms with Gasteiger partial charge >= 0.3 is 11.9 Å². The largest absolute Gasteiger partial charge is 0.417 e. The van der Waals surface area contributed by atoms with Gasteiger partial charge in [-0.05, 0) is 43.4 Å². The van der Waals surface area contributed by atoms with Crippen LogP contribution in [-0.2, 0) is 27.5 Å². The Bertz CT molecular complexity index is 1650. The molecule has 0 fully saturated rings. The van der Waals surface area contributed by atoms with Crippen LogP contribution >= 0.6 is 0 Å². The number of aromatic nitrogens is 4. The number of aryl methyl sites for hydroxylation is 1. The molecule has 1 atom stereocenters. The van der Waals surface area contributed by atoms with Crippen molar-refractivity contribution in [2.75, 3.05) is 18.2 Å². The van der Waals surface area contributed by atoms with Gasteiger partial charge in [-0.3, -0.25) is 9.48 Å². The predicted molar refractivity (Wildman–Crippen MR) is 166 cm³/mol.